The molecule has 2 heterocycles. The molecule has 0 saturated carbocycles. The average molecular weight is 408 g/mol. The van der Waals surface area contributed by atoms with Crippen LogP contribution < -0.4 is 5.32 Å². The minimum atomic E-state index is -0.546. The van der Waals surface area contributed by atoms with Crippen molar-refractivity contribution >= 4 is 29.8 Å². The van der Waals surface area contributed by atoms with Crippen LogP contribution in [0.1, 0.15) is 44.9 Å². The predicted octanol–water partition coefficient (Wildman–Crippen LogP) is 4.84. The summed E-state index contributed by atoms with van der Waals surface area (Å²) in [7, 11) is 0. The monoisotopic (exact) mass is 407 g/mol. The van der Waals surface area contributed by atoms with E-state index in [4.69, 9.17) is 4.74 Å². The minimum Gasteiger partial charge on any atom is -0.444 e. The van der Waals surface area contributed by atoms with Crippen LogP contribution in [0.5, 0.6) is 0 Å². The van der Waals surface area contributed by atoms with E-state index in [0.717, 1.165) is 29.8 Å². The van der Waals surface area contributed by atoms with Crippen LogP contribution in [0.15, 0.2) is 48.7 Å². The highest BCUT2D eigenvalue weighted by atomic mass is 16.6. The van der Waals surface area contributed by atoms with E-state index in [-0.39, 0.29) is 17.9 Å². The van der Waals surface area contributed by atoms with Crippen molar-refractivity contribution in [3.05, 3.63) is 59.9 Å². The van der Waals surface area contributed by atoms with E-state index in [1.165, 1.54) is 0 Å². The van der Waals surface area contributed by atoms with Crippen LogP contribution in [0.3, 0.4) is 0 Å². The lowest BCUT2D eigenvalue weighted by Crippen LogP contribution is -2.45. The Labute approximate surface area is 178 Å². The third-order valence-corrected chi connectivity index (χ3v) is 4.73. The second-order valence-electron chi connectivity index (χ2n) is 8.47. The van der Waals surface area contributed by atoms with E-state index in [9.17, 15) is 9.59 Å². The first kappa shape index (κ1) is 21.6. The van der Waals surface area contributed by atoms with Gasteiger partial charge in [-0.15, -0.1) is 0 Å². The molecule has 1 aliphatic heterocycles. The zero-order chi connectivity index (χ0) is 21.6. The Morgan fingerprint density at radius 2 is 2.00 bits per heavy atom. The lowest BCUT2D eigenvalue weighted by Gasteiger charge is -2.33. The van der Waals surface area contributed by atoms with E-state index in [0.29, 0.717) is 13.1 Å². The number of piperidine rings is 1. The van der Waals surface area contributed by atoms with Crippen molar-refractivity contribution in [3.8, 4) is 0 Å². The summed E-state index contributed by atoms with van der Waals surface area (Å²) >= 11 is 0. The first-order chi connectivity index (χ1) is 14.3. The number of rotatable bonds is 4. The highest BCUT2D eigenvalue weighted by Crippen LogP contribution is 2.22. The molecular weight excluding hydrogens is 378 g/mol. The van der Waals surface area contributed by atoms with Crippen molar-refractivity contribution in [3.63, 3.8) is 0 Å². The number of anilines is 1. The van der Waals surface area contributed by atoms with Gasteiger partial charge in [-0.2, -0.15) is 0 Å². The van der Waals surface area contributed by atoms with Crippen LogP contribution in [0, 0.1) is 5.92 Å². The van der Waals surface area contributed by atoms with Crippen LogP contribution in [-0.2, 0) is 9.53 Å². The first-order valence-corrected chi connectivity index (χ1v) is 10.3. The summed E-state index contributed by atoms with van der Waals surface area (Å²) in [5, 5.41) is 2.99. The number of nitrogens with zero attached hydrogens (tertiary/aromatic N) is 2. The van der Waals surface area contributed by atoms with Gasteiger partial charge in [-0.1, -0.05) is 24.3 Å². The number of pyridine rings is 1. The molecule has 1 fully saturated rings. The third-order valence-electron chi connectivity index (χ3n) is 4.73. The van der Waals surface area contributed by atoms with Gasteiger partial charge in [0.05, 0.1) is 11.6 Å². The predicted molar refractivity (Wildman–Crippen MR) is 119 cm³/mol. The summed E-state index contributed by atoms with van der Waals surface area (Å²) in [6, 6.07) is 13.4. The molecule has 1 aromatic carbocycles. The SMILES string of the molecule is CC(C)(C)OC(=O)N1CCCC(C(=O)Nc2cccc(/C=C/c3ccccn3)c2)C1. The second-order valence-corrected chi connectivity index (χ2v) is 8.47. The van der Waals surface area contributed by atoms with Gasteiger partial charge in [0.2, 0.25) is 5.91 Å². The molecule has 2 aromatic rings. The molecule has 30 heavy (non-hydrogen) atoms. The van der Waals surface area contributed by atoms with Crippen molar-refractivity contribution in [1.29, 1.82) is 0 Å². The van der Waals surface area contributed by atoms with E-state index in [2.05, 4.69) is 10.3 Å². The number of amides is 2. The maximum Gasteiger partial charge on any atom is 0.410 e. The summed E-state index contributed by atoms with van der Waals surface area (Å²) < 4.78 is 5.45. The van der Waals surface area contributed by atoms with Crippen LogP contribution in [0.4, 0.5) is 10.5 Å². The molecule has 2 amide bonds. The van der Waals surface area contributed by atoms with Crippen molar-refractivity contribution < 1.29 is 14.3 Å². The number of aromatic nitrogens is 1. The Balaban J connectivity index is 1.60. The Kier molecular flexibility index (Phi) is 6.87. The number of carbonyl (C=O) groups is 2. The molecule has 158 valence electrons. The lowest BCUT2D eigenvalue weighted by atomic mass is 9.97. The smallest absolute Gasteiger partial charge is 0.410 e. The summed E-state index contributed by atoms with van der Waals surface area (Å²) in [5.74, 6) is -0.326. The average Bonchev–Trinajstić information content (AvgIpc) is 2.72. The molecular formula is C24H29N3O3. The molecule has 1 N–H and O–H groups in total. The van der Waals surface area contributed by atoms with Crippen molar-refractivity contribution in [2.45, 2.75) is 39.2 Å². The Bertz CT molecular complexity index is 903. The summed E-state index contributed by atoms with van der Waals surface area (Å²) in [4.78, 5) is 31.0. The van der Waals surface area contributed by atoms with E-state index in [1.807, 2.05) is 75.4 Å². The van der Waals surface area contributed by atoms with Crippen LogP contribution >= 0.6 is 0 Å². The number of ether oxygens (including phenoxy) is 1. The van der Waals surface area contributed by atoms with Gasteiger partial charge in [0.25, 0.3) is 0 Å². The molecule has 0 aliphatic carbocycles. The van der Waals surface area contributed by atoms with Gasteiger partial charge in [0.15, 0.2) is 0 Å². The van der Waals surface area contributed by atoms with Crippen LogP contribution in [0.2, 0.25) is 0 Å². The Morgan fingerprint density at radius 1 is 1.17 bits per heavy atom. The summed E-state index contributed by atoms with van der Waals surface area (Å²) in [6.07, 6.45) is 6.82. The fraction of sp³-hybridized carbons (Fsp3) is 0.375. The molecule has 3 rings (SSSR count). The quantitative estimate of drug-likeness (QED) is 0.787. The molecule has 1 atom stereocenters. The summed E-state index contributed by atoms with van der Waals surface area (Å²) in [6.45, 7) is 6.52. The van der Waals surface area contributed by atoms with Gasteiger partial charge in [0, 0.05) is 25.0 Å². The van der Waals surface area contributed by atoms with E-state index >= 15 is 0 Å². The van der Waals surface area contributed by atoms with Gasteiger partial charge in [-0.05, 0) is 69.5 Å². The second kappa shape index (κ2) is 9.57. The number of hydrogen-bond donors (Lipinski definition) is 1. The fourth-order valence-corrected chi connectivity index (χ4v) is 3.30. The van der Waals surface area contributed by atoms with E-state index < -0.39 is 5.60 Å². The topological polar surface area (TPSA) is 71.5 Å². The molecule has 1 aromatic heterocycles. The molecule has 6 nitrogen and oxygen atoms in total. The van der Waals surface area contributed by atoms with Gasteiger partial charge in [0.1, 0.15) is 5.60 Å². The number of nitrogens with one attached hydrogen (secondary N) is 1. The van der Waals surface area contributed by atoms with Crippen molar-refractivity contribution in [2.75, 3.05) is 18.4 Å². The molecule has 0 bridgehead atoms. The van der Waals surface area contributed by atoms with Gasteiger partial charge >= 0.3 is 6.09 Å². The zero-order valence-electron chi connectivity index (χ0n) is 17.8. The van der Waals surface area contributed by atoms with Gasteiger partial charge in [-0.3, -0.25) is 9.78 Å². The maximum atomic E-state index is 12.8. The molecule has 1 aliphatic rings. The summed E-state index contributed by atoms with van der Waals surface area (Å²) in [5.41, 5.74) is 2.03. The maximum absolute atomic E-state index is 12.8. The van der Waals surface area contributed by atoms with Crippen molar-refractivity contribution in [1.82, 2.24) is 9.88 Å². The molecule has 1 saturated heterocycles. The number of benzene rings is 1. The van der Waals surface area contributed by atoms with E-state index in [1.54, 1.807) is 11.1 Å². The highest BCUT2D eigenvalue weighted by Gasteiger charge is 2.31. The van der Waals surface area contributed by atoms with Gasteiger partial charge < -0.3 is 15.0 Å². The Hall–Kier alpha value is -3.15. The van der Waals surface area contributed by atoms with Crippen LogP contribution in [0.25, 0.3) is 12.2 Å². The number of carbonyl (C=O) groups excluding carboxylic acids is 2. The molecule has 0 radical (unpaired) electrons. The number of likely N-dealkylation sites (tertiary alicyclic amines) is 1. The van der Waals surface area contributed by atoms with Crippen LogP contribution in [-0.4, -0.2) is 40.6 Å². The normalized spacial score (nSPS) is 17.0. The fourth-order valence-electron chi connectivity index (χ4n) is 3.30. The third kappa shape index (κ3) is 6.44. The first-order valence-electron chi connectivity index (χ1n) is 10.3. The largest absolute Gasteiger partial charge is 0.444 e. The van der Waals surface area contributed by atoms with Crippen molar-refractivity contribution in [2.24, 2.45) is 5.92 Å². The number of hydrogen-bond acceptors (Lipinski definition) is 4. The van der Waals surface area contributed by atoms with Gasteiger partial charge in [-0.25, -0.2) is 4.79 Å². The molecule has 0 spiro atoms. The highest BCUT2D eigenvalue weighted by molar-refractivity contribution is 5.93. The zero-order valence-corrected chi connectivity index (χ0v) is 17.8. The lowest BCUT2D eigenvalue weighted by molar-refractivity contribution is -0.121. The molecule has 1 unspecified atom stereocenters. The molecule has 6 heteroatoms. The standard InChI is InChI=1S/C24H29N3O3/c1-24(2,3)30-23(29)27-15-7-9-19(17-27)22(28)26-21-11-6-8-18(16-21)12-13-20-10-4-5-14-25-20/h4-6,8,10-14,16,19H,7,9,15,17H2,1-3H3,(H,26,28)/b13-12+. The Morgan fingerprint density at radius 3 is 2.73 bits per heavy atom. The minimum absolute atomic E-state index is 0.0749.